The van der Waals surface area contributed by atoms with Crippen LogP contribution in [0.4, 0.5) is 0 Å². The van der Waals surface area contributed by atoms with Crippen molar-refractivity contribution in [2.75, 3.05) is 20.2 Å². The lowest BCUT2D eigenvalue weighted by Crippen LogP contribution is -2.26. The molecule has 9 heteroatoms. The van der Waals surface area contributed by atoms with E-state index < -0.39 is 10.0 Å². The van der Waals surface area contributed by atoms with Gasteiger partial charge in [0.25, 0.3) is 0 Å². The summed E-state index contributed by atoms with van der Waals surface area (Å²) in [4.78, 5) is 0.0744. The van der Waals surface area contributed by atoms with Crippen molar-refractivity contribution in [1.29, 1.82) is 0 Å². The quantitative estimate of drug-likeness (QED) is 0.725. The Kier molecular flexibility index (Phi) is 8.26. The minimum Gasteiger partial charge on any atom is -0.495 e. The lowest BCUT2D eigenvalue weighted by Gasteiger charge is -2.10. The molecule has 0 saturated carbocycles. The molecule has 3 N–H and O–H groups in total. The Hall–Kier alpha value is -0.0500. The maximum atomic E-state index is 12.0. The molecule has 0 aliphatic rings. The third kappa shape index (κ3) is 5.09. The van der Waals surface area contributed by atoms with E-state index in [4.69, 9.17) is 22.1 Å². The lowest BCUT2D eigenvalue weighted by molar-refractivity contribution is 0.414. The molecule has 0 heterocycles. The summed E-state index contributed by atoms with van der Waals surface area (Å²) in [5.41, 5.74) is 5.31. The normalized spacial score (nSPS) is 10.9. The number of benzene rings is 1. The standard InChI is InChI=1S/C10H14BrClN2O3S.ClH/c1-17-9-5-7(11)10(6-8(9)12)18(15,16)14-4-2-3-13;/h5-6,14H,2-4,13H2,1H3;1H. The van der Waals surface area contributed by atoms with Crippen molar-refractivity contribution >= 4 is 50.0 Å². The van der Waals surface area contributed by atoms with E-state index in [9.17, 15) is 8.42 Å². The van der Waals surface area contributed by atoms with Crippen molar-refractivity contribution in [3.8, 4) is 5.75 Å². The first-order chi connectivity index (χ1) is 8.42. The molecule has 5 nitrogen and oxygen atoms in total. The third-order valence-electron chi connectivity index (χ3n) is 2.17. The fourth-order valence-electron chi connectivity index (χ4n) is 1.26. The van der Waals surface area contributed by atoms with E-state index in [1.165, 1.54) is 19.2 Å². The minimum absolute atomic E-state index is 0. The maximum absolute atomic E-state index is 12.0. The zero-order chi connectivity index (χ0) is 13.8. The van der Waals surface area contributed by atoms with Crippen LogP contribution in [0.25, 0.3) is 0 Å². The third-order valence-corrected chi connectivity index (χ3v) is 4.88. The highest BCUT2D eigenvalue weighted by Crippen LogP contribution is 2.33. The molecule has 0 amide bonds. The summed E-state index contributed by atoms with van der Waals surface area (Å²) < 4.78 is 31.8. The summed E-state index contributed by atoms with van der Waals surface area (Å²) >= 11 is 9.10. The van der Waals surface area contributed by atoms with Gasteiger partial charge in [0.05, 0.1) is 17.0 Å². The van der Waals surface area contributed by atoms with Gasteiger partial charge in [-0.3, -0.25) is 0 Å². The Morgan fingerprint density at radius 2 is 2.11 bits per heavy atom. The van der Waals surface area contributed by atoms with Crippen molar-refractivity contribution in [3.63, 3.8) is 0 Å². The van der Waals surface area contributed by atoms with E-state index in [0.717, 1.165) is 0 Å². The van der Waals surface area contributed by atoms with Gasteiger partial charge in [0, 0.05) is 11.0 Å². The summed E-state index contributed by atoms with van der Waals surface area (Å²) in [7, 11) is -2.14. The predicted octanol–water partition coefficient (Wildman–Crippen LogP) is 2.16. The van der Waals surface area contributed by atoms with Crippen LogP contribution in [-0.4, -0.2) is 28.6 Å². The first kappa shape index (κ1) is 18.9. The van der Waals surface area contributed by atoms with Crippen molar-refractivity contribution in [2.24, 2.45) is 5.73 Å². The first-order valence-electron chi connectivity index (χ1n) is 5.15. The topological polar surface area (TPSA) is 81.4 Å². The number of rotatable bonds is 6. The van der Waals surface area contributed by atoms with E-state index in [1.807, 2.05) is 0 Å². The van der Waals surface area contributed by atoms with Crippen LogP contribution in [0, 0.1) is 0 Å². The molecule has 1 aromatic carbocycles. The monoisotopic (exact) mass is 392 g/mol. The highest BCUT2D eigenvalue weighted by atomic mass is 79.9. The molecule has 0 aliphatic heterocycles. The highest BCUT2D eigenvalue weighted by molar-refractivity contribution is 9.10. The van der Waals surface area contributed by atoms with Crippen LogP contribution < -0.4 is 15.2 Å². The molecule has 0 bridgehead atoms. The molecule has 1 aromatic rings. The van der Waals surface area contributed by atoms with Crippen LogP contribution in [0.1, 0.15) is 6.42 Å². The van der Waals surface area contributed by atoms with E-state index in [0.29, 0.717) is 23.2 Å². The predicted molar refractivity (Wildman–Crippen MR) is 81.8 cm³/mol. The summed E-state index contributed by atoms with van der Waals surface area (Å²) in [5.74, 6) is 0.407. The molecule has 0 radical (unpaired) electrons. The largest absolute Gasteiger partial charge is 0.495 e. The lowest BCUT2D eigenvalue weighted by atomic mass is 10.3. The number of hydrogen-bond donors (Lipinski definition) is 2. The number of methoxy groups -OCH3 is 1. The zero-order valence-corrected chi connectivity index (χ0v) is 14.1. The van der Waals surface area contributed by atoms with Gasteiger partial charge in [0.15, 0.2) is 0 Å². The minimum atomic E-state index is -3.60. The van der Waals surface area contributed by atoms with E-state index in [2.05, 4.69) is 20.7 Å². The second-order valence-electron chi connectivity index (χ2n) is 3.46. The van der Waals surface area contributed by atoms with Gasteiger partial charge < -0.3 is 10.5 Å². The van der Waals surface area contributed by atoms with Crippen molar-refractivity contribution in [3.05, 3.63) is 21.6 Å². The van der Waals surface area contributed by atoms with Crippen LogP contribution >= 0.6 is 39.9 Å². The molecule has 0 saturated heterocycles. The molecule has 19 heavy (non-hydrogen) atoms. The molecule has 0 spiro atoms. The Bertz CT molecular complexity index is 526. The Balaban J connectivity index is 0.00000324. The van der Waals surface area contributed by atoms with Crippen molar-refractivity contribution in [2.45, 2.75) is 11.3 Å². The molecule has 0 fully saturated rings. The molecule has 0 aromatic heterocycles. The number of nitrogens with two attached hydrogens (primary N) is 1. The molecule has 1 rings (SSSR count). The van der Waals surface area contributed by atoms with Gasteiger partial charge >= 0.3 is 0 Å². The maximum Gasteiger partial charge on any atom is 0.241 e. The number of hydrogen-bond acceptors (Lipinski definition) is 4. The number of ether oxygens (including phenoxy) is 1. The van der Waals surface area contributed by atoms with Crippen LogP contribution in [-0.2, 0) is 10.0 Å². The van der Waals surface area contributed by atoms with Gasteiger partial charge in [-0.05, 0) is 41.0 Å². The van der Waals surface area contributed by atoms with Crippen LogP contribution in [0.2, 0.25) is 5.02 Å². The van der Waals surface area contributed by atoms with Gasteiger partial charge in [0.1, 0.15) is 5.75 Å². The summed E-state index contributed by atoms with van der Waals surface area (Å²) in [6.07, 6.45) is 0.570. The molecule has 0 atom stereocenters. The zero-order valence-electron chi connectivity index (χ0n) is 10.2. The Morgan fingerprint density at radius 1 is 1.47 bits per heavy atom. The van der Waals surface area contributed by atoms with E-state index >= 15 is 0 Å². The number of sulfonamides is 1. The molecular weight excluding hydrogens is 379 g/mol. The summed E-state index contributed by atoms with van der Waals surface area (Å²) in [5, 5.41) is 0.236. The summed E-state index contributed by atoms with van der Waals surface area (Å²) in [6.45, 7) is 0.710. The molecule has 110 valence electrons. The van der Waals surface area contributed by atoms with Crippen molar-refractivity contribution in [1.82, 2.24) is 4.72 Å². The van der Waals surface area contributed by atoms with Gasteiger partial charge in [-0.2, -0.15) is 0 Å². The van der Waals surface area contributed by atoms with Gasteiger partial charge in [0.2, 0.25) is 10.0 Å². The second-order valence-corrected chi connectivity index (χ2v) is 6.45. The molecular formula is C10H15BrCl2N2O3S. The fourth-order valence-corrected chi connectivity index (χ4v) is 3.68. The van der Waals surface area contributed by atoms with Gasteiger partial charge in [-0.1, -0.05) is 11.6 Å². The van der Waals surface area contributed by atoms with E-state index in [1.54, 1.807) is 0 Å². The van der Waals surface area contributed by atoms with Crippen LogP contribution in [0.3, 0.4) is 0 Å². The average molecular weight is 394 g/mol. The Labute approximate surface area is 132 Å². The van der Waals surface area contributed by atoms with Gasteiger partial charge in [-0.25, -0.2) is 13.1 Å². The van der Waals surface area contributed by atoms with E-state index in [-0.39, 0.29) is 28.9 Å². The fraction of sp³-hybridized carbons (Fsp3) is 0.400. The molecule has 0 unspecified atom stereocenters. The second kappa shape index (κ2) is 8.28. The SMILES string of the molecule is COc1cc(Br)c(S(=O)(=O)NCCCN)cc1Cl.Cl. The Morgan fingerprint density at radius 3 is 2.63 bits per heavy atom. The number of halogens is 3. The van der Waals surface area contributed by atoms with Gasteiger partial charge in [-0.15, -0.1) is 12.4 Å². The van der Waals surface area contributed by atoms with Crippen molar-refractivity contribution < 1.29 is 13.2 Å². The summed E-state index contributed by atoms with van der Waals surface area (Å²) in [6, 6.07) is 2.86. The highest BCUT2D eigenvalue weighted by Gasteiger charge is 2.19. The first-order valence-corrected chi connectivity index (χ1v) is 7.80. The molecule has 0 aliphatic carbocycles. The number of nitrogens with one attached hydrogen (secondary N) is 1. The smallest absolute Gasteiger partial charge is 0.241 e. The van der Waals surface area contributed by atoms with Crippen LogP contribution in [0.5, 0.6) is 5.75 Å². The van der Waals surface area contributed by atoms with Crippen LogP contribution in [0.15, 0.2) is 21.5 Å². The average Bonchev–Trinajstić information content (AvgIpc) is 2.31.